The van der Waals surface area contributed by atoms with Crippen LogP contribution in [0, 0.1) is 6.92 Å². The Morgan fingerprint density at radius 1 is 1.20 bits per heavy atom. The van der Waals surface area contributed by atoms with E-state index in [-0.39, 0.29) is 5.91 Å². The number of benzene rings is 2. The van der Waals surface area contributed by atoms with Crippen LogP contribution in [0.2, 0.25) is 5.02 Å². The van der Waals surface area contributed by atoms with Gasteiger partial charge in [-0.2, -0.15) is 0 Å². The lowest BCUT2D eigenvalue weighted by Gasteiger charge is -2.22. The molecule has 0 saturated carbocycles. The molecular formula is C22H24ClN3O4. The molecule has 30 heavy (non-hydrogen) atoms. The zero-order chi connectivity index (χ0) is 21.8. The first-order chi connectivity index (χ1) is 14.4. The maximum atomic E-state index is 13.5. The second-order valence-corrected chi connectivity index (χ2v) is 7.44. The minimum atomic E-state index is -0.813. The molecule has 3 rings (SSSR count). The largest absolute Gasteiger partial charge is 0.383 e. The van der Waals surface area contributed by atoms with E-state index in [1.54, 1.807) is 43.5 Å². The number of fused-ring (bicyclic) bond motifs is 1. The number of aromatic nitrogens is 2. The fraction of sp³-hybridized carbons (Fsp3) is 0.318. The number of aryl methyl sites for hydroxylation is 1. The first kappa shape index (κ1) is 21.8. The van der Waals surface area contributed by atoms with Crippen LogP contribution < -0.4 is 16.6 Å². The highest BCUT2D eigenvalue weighted by Gasteiger charge is 2.25. The van der Waals surface area contributed by atoms with Crippen LogP contribution in [0.25, 0.3) is 16.6 Å². The van der Waals surface area contributed by atoms with Gasteiger partial charge in [0.05, 0.1) is 23.2 Å². The Labute approximate surface area is 178 Å². The Kier molecular flexibility index (Phi) is 6.74. The molecule has 1 amide bonds. The van der Waals surface area contributed by atoms with Crippen LogP contribution in [0.3, 0.4) is 0 Å². The zero-order valence-electron chi connectivity index (χ0n) is 17.1. The van der Waals surface area contributed by atoms with E-state index in [1.165, 1.54) is 4.57 Å². The number of amides is 1. The molecule has 3 aromatic rings. The maximum Gasteiger partial charge on any atom is 0.336 e. The molecule has 0 bridgehead atoms. The molecule has 0 aliphatic carbocycles. The predicted molar refractivity (Wildman–Crippen MR) is 118 cm³/mol. The summed E-state index contributed by atoms with van der Waals surface area (Å²) in [6, 6.07) is 11.0. The van der Waals surface area contributed by atoms with Crippen LogP contribution in [0.5, 0.6) is 0 Å². The second-order valence-electron chi connectivity index (χ2n) is 7.00. The van der Waals surface area contributed by atoms with Gasteiger partial charge in [0.2, 0.25) is 5.91 Å². The van der Waals surface area contributed by atoms with Gasteiger partial charge in [-0.15, -0.1) is 0 Å². The minimum absolute atomic E-state index is 0.309. The van der Waals surface area contributed by atoms with Crippen molar-refractivity contribution in [1.29, 1.82) is 0 Å². The van der Waals surface area contributed by atoms with Gasteiger partial charge in [0.25, 0.3) is 5.56 Å². The van der Waals surface area contributed by atoms with Crippen LogP contribution in [0.1, 0.15) is 24.9 Å². The third kappa shape index (κ3) is 4.17. The van der Waals surface area contributed by atoms with Gasteiger partial charge in [-0.3, -0.25) is 14.2 Å². The Morgan fingerprint density at radius 3 is 2.63 bits per heavy atom. The molecule has 1 atom stereocenters. The summed E-state index contributed by atoms with van der Waals surface area (Å²) in [7, 11) is 1.54. The molecule has 0 aliphatic rings. The van der Waals surface area contributed by atoms with Crippen molar-refractivity contribution in [2.75, 3.05) is 20.3 Å². The molecule has 8 heteroatoms. The Morgan fingerprint density at radius 2 is 1.97 bits per heavy atom. The Bertz CT molecular complexity index is 1200. The summed E-state index contributed by atoms with van der Waals surface area (Å²) in [5.41, 5.74) is 0.642. The molecule has 7 nitrogen and oxygen atoms in total. The van der Waals surface area contributed by atoms with E-state index < -0.39 is 17.3 Å². The lowest BCUT2D eigenvalue weighted by Crippen LogP contribution is -2.44. The van der Waals surface area contributed by atoms with E-state index >= 15 is 0 Å². The lowest BCUT2D eigenvalue weighted by molar-refractivity contribution is -0.124. The minimum Gasteiger partial charge on any atom is -0.383 e. The Hall–Kier alpha value is -2.90. The van der Waals surface area contributed by atoms with Gasteiger partial charge in [0, 0.05) is 18.7 Å². The number of halogens is 1. The number of nitrogens with zero attached hydrogens (tertiary/aromatic N) is 2. The van der Waals surface area contributed by atoms with Crippen molar-refractivity contribution in [1.82, 2.24) is 14.5 Å². The van der Waals surface area contributed by atoms with Crippen molar-refractivity contribution in [2.45, 2.75) is 26.3 Å². The van der Waals surface area contributed by atoms with Crippen molar-refractivity contribution < 1.29 is 9.53 Å². The highest BCUT2D eigenvalue weighted by atomic mass is 35.5. The third-order valence-electron chi connectivity index (χ3n) is 4.92. The number of carbonyl (C=O) groups is 1. The van der Waals surface area contributed by atoms with Crippen LogP contribution >= 0.6 is 11.6 Å². The van der Waals surface area contributed by atoms with E-state index in [9.17, 15) is 14.4 Å². The fourth-order valence-corrected chi connectivity index (χ4v) is 3.64. The summed E-state index contributed by atoms with van der Waals surface area (Å²) in [6.45, 7) is 4.36. The summed E-state index contributed by atoms with van der Waals surface area (Å²) in [4.78, 5) is 39.6. The summed E-state index contributed by atoms with van der Waals surface area (Å²) < 4.78 is 7.44. The number of rotatable bonds is 7. The van der Waals surface area contributed by atoms with Crippen molar-refractivity contribution in [3.63, 3.8) is 0 Å². The SMILES string of the molecule is CCC(C(=O)NCCOC)n1c(=O)n(-c2cccc(C)c2)c(=O)c2ccc(Cl)cc21. The highest BCUT2D eigenvalue weighted by Crippen LogP contribution is 2.21. The van der Waals surface area contributed by atoms with Crippen molar-refractivity contribution >= 4 is 28.4 Å². The van der Waals surface area contributed by atoms with Gasteiger partial charge in [-0.1, -0.05) is 30.7 Å². The monoisotopic (exact) mass is 429 g/mol. The van der Waals surface area contributed by atoms with Gasteiger partial charge >= 0.3 is 5.69 Å². The highest BCUT2D eigenvalue weighted by molar-refractivity contribution is 6.31. The number of hydrogen-bond acceptors (Lipinski definition) is 4. The summed E-state index contributed by atoms with van der Waals surface area (Å²) >= 11 is 6.16. The van der Waals surface area contributed by atoms with Crippen LogP contribution in [-0.2, 0) is 9.53 Å². The molecule has 0 fully saturated rings. The number of ether oxygens (including phenoxy) is 1. The molecule has 1 heterocycles. The van der Waals surface area contributed by atoms with Crippen LogP contribution in [0.15, 0.2) is 52.1 Å². The summed E-state index contributed by atoms with van der Waals surface area (Å²) in [5.74, 6) is -0.327. The third-order valence-corrected chi connectivity index (χ3v) is 5.15. The average Bonchev–Trinajstić information content (AvgIpc) is 2.71. The predicted octanol–water partition coefficient (Wildman–Crippen LogP) is 2.83. The smallest absolute Gasteiger partial charge is 0.336 e. The number of hydrogen-bond donors (Lipinski definition) is 1. The molecule has 1 aromatic heterocycles. The van der Waals surface area contributed by atoms with E-state index in [0.717, 1.165) is 10.1 Å². The van der Waals surface area contributed by atoms with E-state index in [4.69, 9.17) is 16.3 Å². The fourth-order valence-electron chi connectivity index (χ4n) is 3.48. The molecule has 0 spiro atoms. The first-order valence-corrected chi connectivity index (χ1v) is 10.1. The first-order valence-electron chi connectivity index (χ1n) is 9.69. The van der Waals surface area contributed by atoms with Crippen LogP contribution in [0.4, 0.5) is 0 Å². The molecule has 0 radical (unpaired) electrons. The average molecular weight is 430 g/mol. The number of nitrogens with one attached hydrogen (secondary N) is 1. The second kappa shape index (κ2) is 9.28. The Balaban J connectivity index is 2.31. The van der Waals surface area contributed by atoms with E-state index in [2.05, 4.69) is 5.32 Å². The molecule has 158 valence electrons. The molecule has 1 N–H and O–H groups in total. The topological polar surface area (TPSA) is 82.3 Å². The summed E-state index contributed by atoms with van der Waals surface area (Å²) in [6.07, 6.45) is 0.354. The maximum absolute atomic E-state index is 13.5. The van der Waals surface area contributed by atoms with Gasteiger partial charge in [-0.25, -0.2) is 9.36 Å². The lowest BCUT2D eigenvalue weighted by atomic mass is 10.1. The normalized spacial score (nSPS) is 12.1. The zero-order valence-corrected chi connectivity index (χ0v) is 17.9. The van der Waals surface area contributed by atoms with Crippen LogP contribution in [-0.4, -0.2) is 35.3 Å². The van der Waals surface area contributed by atoms with Gasteiger partial charge in [0.1, 0.15) is 6.04 Å². The number of carbonyl (C=O) groups excluding carboxylic acids is 1. The quantitative estimate of drug-likeness (QED) is 0.585. The van der Waals surface area contributed by atoms with Crippen molar-refractivity contribution in [3.05, 3.63) is 73.9 Å². The van der Waals surface area contributed by atoms with Gasteiger partial charge in [0.15, 0.2) is 0 Å². The van der Waals surface area contributed by atoms with Crippen molar-refractivity contribution in [3.8, 4) is 5.69 Å². The molecule has 1 unspecified atom stereocenters. The van der Waals surface area contributed by atoms with Crippen molar-refractivity contribution in [2.24, 2.45) is 0 Å². The number of methoxy groups -OCH3 is 1. The standard InChI is InChI=1S/C22H24ClN3O4/c1-4-18(20(27)24-10-11-30-3)26-19-13-15(23)8-9-17(19)21(28)25(22(26)29)16-7-5-6-14(2)12-16/h5-9,12-13,18H,4,10-11H2,1-3H3,(H,24,27). The van der Waals surface area contributed by atoms with Gasteiger partial charge in [-0.05, 0) is 49.2 Å². The molecule has 0 aliphatic heterocycles. The van der Waals surface area contributed by atoms with E-state index in [0.29, 0.717) is 41.2 Å². The molecule has 0 saturated heterocycles. The summed E-state index contributed by atoms with van der Waals surface area (Å²) in [5, 5.41) is 3.46. The van der Waals surface area contributed by atoms with Gasteiger partial charge < -0.3 is 10.1 Å². The molecule has 2 aromatic carbocycles. The molecular weight excluding hydrogens is 406 g/mol. The van der Waals surface area contributed by atoms with E-state index in [1.807, 2.05) is 19.9 Å².